The number of nitrogens with one attached hydrogen (secondary N) is 1. The van der Waals surface area contributed by atoms with E-state index in [4.69, 9.17) is 10.3 Å². The summed E-state index contributed by atoms with van der Waals surface area (Å²) in [5.41, 5.74) is 6.46. The van der Waals surface area contributed by atoms with Crippen LogP contribution >= 0.6 is 0 Å². The van der Waals surface area contributed by atoms with E-state index in [-0.39, 0.29) is 4.90 Å². The van der Waals surface area contributed by atoms with E-state index in [1.807, 2.05) is 0 Å². The molecule has 1 saturated carbocycles. The third kappa shape index (κ3) is 2.65. The van der Waals surface area contributed by atoms with Gasteiger partial charge in [0.2, 0.25) is 10.0 Å². The van der Waals surface area contributed by atoms with Crippen molar-refractivity contribution in [1.29, 1.82) is 0 Å². The highest BCUT2D eigenvalue weighted by molar-refractivity contribution is 7.89. The Balaban J connectivity index is 1.88. The lowest BCUT2D eigenvalue weighted by Gasteiger charge is -2.17. The fourth-order valence-electron chi connectivity index (χ4n) is 2.67. The maximum absolute atomic E-state index is 11.7. The van der Waals surface area contributed by atoms with Crippen molar-refractivity contribution in [3.63, 3.8) is 0 Å². The van der Waals surface area contributed by atoms with Gasteiger partial charge >= 0.3 is 0 Å². The maximum Gasteiger partial charge on any atom is 0.257 e. The second kappa shape index (κ2) is 5.45. The third-order valence-corrected chi connectivity index (χ3v) is 5.48. The number of nitrogens with two attached hydrogens (primary N) is 1. The van der Waals surface area contributed by atoms with Crippen LogP contribution in [0.15, 0.2) is 33.7 Å². The molecule has 2 aromatic rings. The van der Waals surface area contributed by atoms with E-state index >= 15 is 0 Å². The summed E-state index contributed by atoms with van der Waals surface area (Å²) in [5, 5.41) is 3.99. The molecular weight excluding hydrogens is 304 g/mol. The number of benzene rings is 1. The van der Waals surface area contributed by atoms with Gasteiger partial charge in [-0.25, -0.2) is 13.1 Å². The van der Waals surface area contributed by atoms with Crippen LogP contribution in [0.5, 0.6) is 0 Å². The van der Waals surface area contributed by atoms with Gasteiger partial charge in [-0.05, 0) is 44.2 Å². The standard InChI is InChI=1S/C14H18N4O3S/c1-16-22(19,20)11-6-4-10(5-7-11)12-17-13(18-21-12)14(15)8-2-3-9-14/h4-7,16H,2-3,8-9,15H2,1H3. The molecule has 118 valence electrons. The molecule has 1 aromatic heterocycles. The van der Waals surface area contributed by atoms with Crippen molar-refractivity contribution >= 4 is 10.0 Å². The van der Waals surface area contributed by atoms with Gasteiger partial charge in [0.25, 0.3) is 5.89 Å². The molecule has 0 amide bonds. The number of rotatable bonds is 4. The largest absolute Gasteiger partial charge is 0.334 e. The van der Waals surface area contributed by atoms with E-state index in [9.17, 15) is 8.42 Å². The van der Waals surface area contributed by atoms with Crippen LogP contribution in [-0.2, 0) is 15.6 Å². The molecule has 0 radical (unpaired) electrons. The van der Waals surface area contributed by atoms with Crippen molar-refractivity contribution in [2.75, 3.05) is 7.05 Å². The molecule has 3 rings (SSSR count). The van der Waals surface area contributed by atoms with Crippen molar-refractivity contribution < 1.29 is 12.9 Å². The van der Waals surface area contributed by atoms with E-state index in [1.165, 1.54) is 19.2 Å². The van der Waals surface area contributed by atoms with Gasteiger partial charge < -0.3 is 10.3 Å². The minimum absolute atomic E-state index is 0.185. The zero-order valence-electron chi connectivity index (χ0n) is 12.2. The van der Waals surface area contributed by atoms with Crippen LogP contribution in [0, 0.1) is 0 Å². The van der Waals surface area contributed by atoms with Gasteiger partial charge in [-0.1, -0.05) is 18.0 Å². The minimum atomic E-state index is -3.45. The van der Waals surface area contributed by atoms with Gasteiger partial charge in [0.1, 0.15) is 0 Å². The summed E-state index contributed by atoms with van der Waals surface area (Å²) in [6, 6.07) is 6.27. The van der Waals surface area contributed by atoms with Gasteiger partial charge in [0, 0.05) is 5.56 Å². The molecule has 0 atom stereocenters. The molecule has 1 aromatic carbocycles. The monoisotopic (exact) mass is 322 g/mol. The van der Waals surface area contributed by atoms with Crippen LogP contribution in [0.1, 0.15) is 31.5 Å². The van der Waals surface area contributed by atoms with E-state index in [2.05, 4.69) is 14.9 Å². The average Bonchev–Trinajstić information content (AvgIpc) is 3.17. The summed E-state index contributed by atoms with van der Waals surface area (Å²) in [6.07, 6.45) is 3.84. The summed E-state index contributed by atoms with van der Waals surface area (Å²) >= 11 is 0. The number of sulfonamides is 1. The zero-order chi connectivity index (χ0) is 15.8. The van der Waals surface area contributed by atoms with Crippen LogP contribution in [0.3, 0.4) is 0 Å². The van der Waals surface area contributed by atoms with Gasteiger partial charge in [-0.15, -0.1) is 0 Å². The molecule has 1 heterocycles. The van der Waals surface area contributed by atoms with E-state index in [0.29, 0.717) is 17.3 Å². The lowest BCUT2D eigenvalue weighted by atomic mass is 9.99. The first-order valence-corrected chi connectivity index (χ1v) is 8.60. The first-order valence-electron chi connectivity index (χ1n) is 7.12. The van der Waals surface area contributed by atoms with Gasteiger partial charge in [0.05, 0.1) is 10.4 Å². The van der Waals surface area contributed by atoms with Crippen LogP contribution in [0.25, 0.3) is 11.5 Å². The lowest BCUT2D eigenvalue weighted by Crippen LogP contribution is -2.34. The molecule has 3 N–H and O–H groups in total. The zero-order valence-corrected chi connectivity index (χ0v) is 13.1. The van der Waals surface area contributed by atoms with Crippen LogP contribution in [-0.4, -0.2) is 25.6 Å². The highest BCUT2D eigenvalue weighted by Crippen LogP contribution is 2.35. The van der Waals surface area contributed by atoms with Crippen molar-refractivity contribution in [2.45, 2.75) is 36.1 Å². The van der Waals surface area contributed by atoms with Crippen molar-refractivity contribution in [3.8, 4) is 11.5 Å². The summed E-state index contributed by atoms with van der Waals surface area (Å²) in [5.74, 6) is 0.868. The Morgan fingerprint density at radius 1 is 1.23 bits per heavy atom. The molecule has 0 bridgehead atoms. The number of nitrogens with zero attached hydrogens (tertiary/aromatic N) is 2. The summed E-state index contributed by atoms with van der Waals surface area (Å²) < 4.78 is 30.9. The highest BCUT2D eigenvalue weighted by Gasteiger charge is 2.36. The molecule has 1 aliphatic rings. The first kappa shape index (κ1) is 15.1. The molecule has 7 nitrogen and oxygen atoms in total. The smallest absolute Gasteiger partial charge is 0.257 e. The minimum Gasteiger partial charge on any atom is -0.334 e. The SMILES string of the molecule is CNS(=O)(=O)c1ccc(-c2nc(C3(N)CCCC3)no2)cc1. The molecule has 0 spiro atoms. The Morgan fingerprint density at radius 2 is 1.86 bits per heavy atom. The second-order valence-electron chi connectivity index (χ2n) is 5.52. The lowest BCUT2D eigenvalue weighted by molar-refractivity contribution is 0.372. The van der Waals surface area contributed by atoms with Crippen molar-refractivity contribution in [1.82, 2.24) is 14.9 Å². The van der Waals surface area contributed by atoms with E-state index in [0.717, 1.165) is 25.7 Å². The number of hydrogen-bond donors (Lipinski definition) is 2. The topological polar surface area (TPSA) is 111 Å². The molecule has 22 heavy (non-hydrogen) atoms. The van der Waals surface area contributed by atoms with Crippen LogP contribution < -0.4 is 10.5 Å². The Hall–Kier alpha value is -1.77. The van der Waals surface area contributed by atoms with Crippen molar-refractivity contribution in [2.24, 2.45) is 5.73 Å². The maximum atomic E-state index is 11.7. The average molecular weight is 322 g/mol. The highest BCUT2D eigenvalue weighted by atomic mass is 32.2. The molecule has 0 aliphatic heterocycles. The first-order chi connectivity index (χ1) is 10.4. The molecule has 1 fully saturated rings. The number of hydrogen-bond acceptors (Lipinski definition) is 6. The van der Waals surface area contributed by atoms with Crippen LogP contribution in [0.4, 0.5) is 0 Å². The Labute approximate surface area is 129 Å². The van der Waals surface area contributed by atoms with Gasteiger partial charge in [-0.3, -0.25) is 0 Å². The molecule has 0 unspecified atom stereocenters. The normalized spacial score (nSPS) is 17.7. The summed E-state index contributed by atoms with van der Waals surface area (Å²) in [7, 11) is -2.08. The fraction of sp³-hybridized carbons (Fsp3) is 0.429. The predicted molar refractivity (Wildman–Crippen MR) is 80.3 cm³/mol. The summed E-state index contributed by atoms with van der Waals surface area (Å²) in [4.78, 5) is 4.56. The van der Waals surface area contributed by atoms with Crippen molar-refractivity contribution in [3.05, 3.63) is 30.1 Å². The molecule has 0 saturated heterocycles. The Kier molecular flexibility index (Phi) is 3.75. The Bertz CT molecular complexity index is 762. The van der Waals surface area contributed by atoms with Gasteiger partial charge in [-0.2, -0.15) is 4.98 Å². The molecular formula is C14H18N4O3S. The summed E-state index contributed by atoms with van der Waals surface area (Å²) in [6.45, 7) is 0. The second-order valence-corrected chi connectivity index (χ2v) is 7.40. The number of aromatic nitrogens is 2. The quantitative estimate of drug-likeness (QED) is 0.879. The predicted octanol–water partition coefficient (Wildman–Crippen LogP) is 1.37. The Morgan fingerprint density at radius 3 is 2.45 bits per heavy atom. The molecule has 8 heteroatoms. The van der Waals surface area contributed by atoms with Crippen LogP contribution in [0.2, 0.25) is 0 Å². The fourth-order valence-corrected chi connectivity index (χ4v) is 3.40. The van der Waals surface area contributed by atoms with E-state index in [1.54, 1.807) is 12.1 Å². The third-order valence-electron chi connectivity index (χ3n) is 4.05. The molecule has 1 aliphatic carbocycles. The van der Waals surface area contributed by atoms with Gasteiger partial charge in [0.15, 0.2) is 5.82 Å². The van der Waals surface area contributed by atoms with E-state index < -0.39 is 15.6 Å².